The first kappa shape index (κ1) is 16.3. The molecule has 0 aliphatic carbocycles. The summed E-state index contributed by atoms with van der Waals surface area (Å²) >= 11 is 5.96. The van der Waals surface area contributed by atoms with Crippen molar-refractivity contribution in [1.29, 1.82) is 0 Å². The topological polar surface area (TPSA) is 51.3 Å². The average Bonchev–Trinajstić information content (AvgIpc) is 3.26. The molecule has 3 rings (SSSR count). The van der Waals surface area contributed by atoms with Gasteiger partial charge in [0.1, 0.15) is 5.69 Å². The molecular formula is C18H18ClN3O2. The molecule has 2 heterocycles. The van der Waals surface area contributed by atoms with Gasteiger partial charge in [0.15, 0.2) is 11.5 Å². The number of halogens is 1. The van der Waals surface area contributed by atoms with Crippen LogP contribution in [0, 0.1) is 0 Å². The number of carbonyl (C=O) groups excluding carboxylic acids is 1. The van der Waals surface area contributed by atoms with Crippen molar-refractivity contribution in [2.75, 3.05) is 13.1 Å². The number of nitrogens with zero attached hydrogens (tertiary/aromatic N) is 3. The number of furan rings is 1. The van der Waals surface area contributed by atoms with Crippen molar-refractivity contribution in [3.05, 3.63) is 59.4 Å². The van der Waals surface area contributed by atoms with Crippen LogP contribution >= 0.6 is 11.6 Å². The van der Waals surface area contributed by atoms with Crippen LogP contribution in [0.1, 0.15) is 24.3 Å². The van der Waals surface area contributed by atoms with Crippen LogP contribution in [-0.4, -0.2) is 33.7 Å². The van der Waals surface area contributed by atoms with Gasteiger partial charge in [0.25, 0.3) is 5.91 Å². The molecule has 124 valence electrons. The van der Waals surface area contributed by atoms with Gasteiger partial charge in [-0.05, 0) is 50.2 Å². The predicted molar refractivity (Wildman–Crippen MR) is 93.5 cm³/mol. The first-order chi connectivity index (χ1) is 11.6. The highest BCUT2D eigenvalue weighted by atomic mass is 35.5. The Bertz CT molecular complexity index is 819. The van der Waals surface area contributed by atoms with E-state index in [0.717, 1.165) is 11.4 Å². The molecule has 0 aliphatic rings. The lowest BCUT2D eigenvalue weighted by Gasteiger charge is -2.16. The standard InChI is InChI=1S/C18H18ClN3O2/c1-3-21(4-2)18(23)15-12-16(17-6-5-11-24-17)22(20-15)14-9-7-13(19)8-10-14/h5-12H,3-4H2,1-2H3. The molecule has 0 atom stereocenters. The lowest BCUT2D eigenvalue weighted by Crippen LogP contribution is -2.30. The summed E-state index contributed by atoms with van der Waals surface area (Å²) in [5.74, 6) is 0.552. The SMILES string of the molecule is CCN(CC)C(=O)c1cc(-c2ccco2)n(-c2ccc(Cl)cc2)n1. The van der Waals surface area contributed by atoms with Crippen LogP contribution < -0.4 is 0 Å². The highest BCUT2D eigenvalue weighted by molar-refractivity contribution is 6.30. The van der Waals surface area contributed by atoms with Gasteiger partial charge in [0, 0.05) is 24.2 Å². The van der Waals surface area contributed by atoms with Gasteiger partial charge < -0.3 is 9.32 Å². The van der Waals surface area contributed by atoms with Crippen LogP contribution in [-0.2, 0) is 0 Å². The molecule has 0 N–H and O–H groups in total. The fourth-order valence-corrected chi connectivity index (χ4v) is 2.66. The van der Waals surface area contributed by atoms with Gasteiger partial charge >= 0.3 is 0 Å². The number of amides is 1. The summed E-state index contributed by atoms with van der Waals surface area (Å²) in [7, 11) is 0. The van der Waals surface area contributed by atoms with E-state index in [1.54, 1.807) is 40.1 Å². The molecule has 0 unspecified atom stereocenters. The molecule has 0 spiro atoms. The monoisotopic (exact) mass is 343 g/mol. The van der Waals surface area contributed by atoms with Gasteiger partial charge in [0.2, 0.25) is 0 Å². The molecule has 0 saturated heterocycles. The summed E-state index contributed by atoms with van der Waals surface area (Å²) in [6.07, 6.45) is 1.60. The Morgan fingerprint density at radius 1 is 1.21 bits per heavy atom. The summed E-state index contributed by atoms with van der Waals surface area (Å²) in [6.45, 7) is 5.18. The minimum Gasteiger partial charge on any atom is -0.463 e. The van der Waals surface area contributed by atoms with E-state index in [0.29, 0.717) is 29.6 Å². The van der Waals surface area contributed by atoms with E-state index in [-0.39, 0.29) is 5.91 Å². The highest BCUT2D eigenvalue weighted by Crippen LogP contribution is 2.25. The van der Waals surface area contributed by atoms with Crippen LogP contribution in [0.4, 0.5) is 0 Å². The molecule has 0 fully saturated rings. The largest absolute Gasteiger partial charge is 0.463 e. The second-order valence-electron chi connectivity index (χ2n) is 5.26. The summed E-state index contributed by atoms with van der Waals surface area (Å²) in [5, 5.41) is 5.15. The third-order valence-corrected chi connectivity index (χ3v) is 4.08. The third kappa shape index (κ3) is 3.08. The van der Waals surface area contributed by atoms with E-state index in [9.17, 15) is 4.79 Å². The van der Waals surface area contributed by atoms with Crippen molar-refractivity contribution < 1.29 is 9.21 Å². The highest BCUT2D eigenvalue weighted by Gasteiger charge is 2.21. The quantitative estimate of drug-likeness (QED) is 0.695. The maximum absolute atomic E-state index is 12.6. The van der Waals surface area contributed by atoms with Crippen molar-refractivity contribution in [1.82, 2.24) is 14.7 Å². The minimum absolute atomic E-state index is 0.0967. The number of carbonyl (C=O) groups is 1. The van der Waals surface area contributed by atoms with Crippen molar-refractivity contribution in [2.45, 2.75) is 13.8 Å². The first-order valence-corrected chi connectivity index (χ1v) is 8.21. The Kier molecular flexibility index (Phi) is 4.71. The maximum atomic E-state index is 12.6. The van der Waals surface area contributed by atoms with E-state index in [1.807, 2.05) is 32.0 Å². The molecule has 0 aliphatic heterocycles. The van der Waals surface area contributed by atoms with Crippen LogP contribution in [0.2, 0.25) is 5.02 Å². The Morgan fingerprint density at radius 2 is 1.92 bits per heavy atom. The van der Waals surface area contributed by atoms with Crippen LogP contribution in [0.5, 0.6) is 0 Å². The zero-order chi connectivity index (χ0) is 17.1. The Morgan fingerprint density at radius 3 is 2.50 bits per heavy atom. The van der Waals surface area contributed by atoms with E-state index in [2.05, 4.69) is 5.10 Å². The van der Waals surface area contributed by atoms with E-state index in [1.165, 1.54) is 0 Å². The lowest BCUT2D eigenvalue weighted by atomic mass is 10.2. The van der Waals surface area contributed by atoms with Gasteiger partial charge in [-0.25, -0.2) is 4.68 Å². The fraction of sp³-hybridized carbons (Fsp3) is 0.222. The number of hydrogen-bond acceptors (Lipinski definition) is 3. The second kappa shape index (κ2) is 6.93. The number of aromatic nitrogens is 2. The van der Waals surface area contributed by atoms with Gasteiger partial charge in [-0.3, -0.25) is 4.79 Å². The molecule has 0 saturated carbocycles. The summed E-state index contributed by atoms with van der Waals surface area (Å²) < 4.78 is 7.20. The second-order valence-corrected chi connectivity index (χ2v) is 5.69. The average molecular weight is 344 g/mol. The molecule has 3 aromatic rings. The van der Waals surface area contributed by atoms with E-state index < -0.39 is 0 Å². The Labute approximate surface area is 145 Å². The summed E-state index contributed by atoms with van der Waals surface area (Å²) in [6, 6.07) is 12.7. The van der Waals surface area contributed by atoms with Gasteiger partial charge in [0.05, 0.1) is 12.0 Å². The molecule has 0 bridgehead atoms. The van der Waals surface area contributed by atoms with Crippen molar-refractivity contribution in [3.63, 3.8) is 0 Å². The fourth-order valence-electron chi connectivity index (χ4n) is 2.54. The van der Waals surface area contributed by atoms with Crippen molar-refractivity contribution >= 4 is 17.5 Å². The van der Waals surface area contributed by atoms with Crippen molar-refractivity contribution in [2.24, 2.45) is 0 Å². The molecule has 6 heteroatoms. The maximum Gasteiger partial charge on any atom is 0.274 e. The number of rotatable bonds is 5. The predicted octanol–water partition coefficient (Wildman–Crippen LogP) is 4.27. The zero-order valence-corrected chi connectivity index (χ0v) is 14.3. The van der Waals surface area contributed by atoms with Crippen molar-refractivity contribution in [3.8, 4) is 17.1 Å². The van der Waals surface area contributed by atoms with Gasteiger partial charge in [-0.1, -0.05) is 11.6 Å². The molecule has 2 aromatic heterocycles. The van der Waals surface area contributed by atoms with Gasteiger partial charge in [-0.15, -0.1) is 0 Å². The number of hydrogen-bond donors (Lipinski definition) is 0. The third-order valence-electron chi connectivity index (χ3n) is 3.82. The molecule has 24 heavy (non-hydrogen) atoms. The normalized spacial score (nSPS) is 10.8. The number of benzene rings is 1. The zero-order valence-electron chi connectivity index (χ0n) is 13.6. The molecule has 0 radical (unpaired) electrons. The van der Waals surface area contributed by atoms with E-state index in [4.69, 9.17) is 16.0 Å². The molecule has 1 amide bonds. The molecule has 1 aromatic carbocycles. The van der Waals surface area contributed by atoms with Crippen LogP contribution in [0.3, 0.4) is 0 Å². The lowest BCUT2D eigenvalue weighted by molar-refractivity contribution is 0.0766. The smallest absolute Gasteiger partial charge is 0.274 e. The molecule has 5 nitrogen and oxygen atoms in total. The Hall–Kier alpha value is -2.53. The van der Waals surface area contributed by atoms with Gasteiger partial charge in [-0.2, -0.15) is 5.10 Å². The van der Waals surface area contributed by atoms with Crippen LogP contribution in [0.25, 0.3) is 17.1 Å². The first-order valence-electron chi connectivity index (χ1n) is 7.83. The summed E-state index contributed by atoms with van der Waals surface area (Å²) in [4.78, 5) is 14.4. The van der Waals surface area contributed by atoms with E-state index >= 15 is 0 Å². The Balaban J connectivity index is 2.09. The molecular weight excluding hydrogens is 326 g/mol. The van der Waals surface area contributed by atoms with Crippen LogP contribution in [0.15, 0.2) is 53.1 Å². The minimum atomic E-state index is -0.0967. The summed E-state index contributed by atoms with van der Waals surface area (Å²) in [5.41, 5.74) is 1.92.